The highest BCUT2D eigenvalue weighted by molar-refractivity contribution is 6.30. The molecule has 0 radical (unpaired) electrons. The molecule has 4 rings (SSSR count). The summed E-state index contributed by atoms with van der Waals surface area (Å²) in [6.07, 6.45) is 4.90. The van der Waals surface area contributed by atoms with Crippen molar-refractivity contribution < 1.29 is 9.84 Å². The van der Waals surface area contributed by atoms with Gasteiger partial charge in [-0.25, -0.2) is 0 Å². The maximum atomic E-state index is 10.3. The molecular formula is C25H33ClN2O2. The molecule has 1 N–H and O–H groups in total. The molecule has 1 aliphatic carbocycles. The van der Waals surface area contributed by atoms with Gasteiger partial charge in [0.1, 0.15) is 5.75 Å². The summed E-state index contributed by atoms with van der Waals surface area (Å²) in [7, 11) is 1.75. The number of fused-ring (bicyclic) bond motifs is 1. The van der Waals surface area contributed by atoms with Crippen LogP contribution in [-0.2, 0) is 24.1 Å². The Morgan fingerprint density at radius 1 is 1.17 bits per heavy atom. The molecule has 0 spiro atoms. The Balaban J connectivity index is 1.38. The minimum atomic E-state index is 0.316. The molecule has 0 aromatic heterocycles. The van der Waals surface area contributed by atoms with Gasteiger partial charge in [-0.1, -0.05) is 35.9 Å². The highest BCUT2D eigenvalue weighted by atomic mass is 35.5. The lowest BCUT2D eigenvalue weighted by Crippen LogP contribution is -2.46. The van der Waals surface area contributed by atoms with Gasteiger partial charge < -0.3 is 9.84 Å². The van der Waals surface area contributed by atoms with Crippen LogP contribution in [0, 0.1) is 5.92 Å². The lowest BCUT2D eigenvalue weighted by atomic mass is 9.95. The highest BCUT2D eigenvalue weighted by Crippen LogP contribution is 2.30. The molecule has 2 aromatic rings. The van der Waals surface area contributed by atoms with Gasteiger partial charge in [-0.15, -0.1) is 0 Å². The molecular weight excluding hydrogens is 396 g/mol. The lowest BCUT2D eigenvalue weighted by Gasteiger charge is -2.39. The van der Waals surface area contributed by atoms with E-state index in [1.54, 1.807) is 19.2 Å². The van der Waals surface area contributed by atoms with Crippen LogP contribution in [0.5, 0.6) is 5.75 Å². The normalized spacial score (nSPS) is 20.0. The van der Waals surface area contributed by atoms with E-state index in [9.17, 15) is 5.11 Å². The van der Waals surface area contributed by atoms with E-state index in [2.05, 4.69) is 34.1 Å². The summed E-state index contributed by atoms with van der Waals surface area (Å²) < 4.78 is 5.35. The van der Waals surface area contributed by atoms with Gasteiger partial charge in [-0.05, 0) is 67.5 Å². The molecule has 30 heavy (non-hydrogen) atoms. The van der Waals surface area contributed by atoms with Crippen LogP contribution in [0.3, 0.4) is 0 Å². The van der Waals surface area contributed by atoms with E-state index in [1.165, 1.54) is 43.4 Å². The number of benzene rings is 2. The second-order valence-corrected chi connectivity index (χ2v) is 9.27. The smallest absolute Gasteiger partial charge is 0.120 e. The summed E-state index contributed by atoms with van der Waals surface area (Å²) in [5.41, 5.74) is 3.95. The molecule has 0 bridgehead atoms. The fourth-order valence-electron chi connectivity index (χ4n) is 5.11. The van der Waals surface area contributed by atoms with Crippen LogP contribution >= 0.6 is 11.6 Å². The monoisotopic (exact) mass is 428 g/mol. The summed E-state index contributed by atoms with van der Waals surface area (Å²) in [5, 5.41) is 10.9. The van der Waals surface area contributed by atoms with Crippen molar-refractivity contribution in [3.05, 3.63) is 64.2 Å². The van der Waals surface area contributed by atoms with E-state index >= 15 is 0 Å². The van der Waals surface area contributed by atoms with Gasteiger partial charge in [-0.3, -0.25) is 9.80 Å². The number of aromatic hydroxyl groups is 1. The molecule has 4 nitrogen and oxygen atoms in total. The van der Waals surface area contributed by atoms with E-state index in [0.717, 1.165) is 25.2 Å². The maximum absolute atomic E-state index is 10.3. The van der Waals surface area contributed by atoms with E-state index < -0.39 is 0 Å². The SMILES string of the molecule is COCCN(Cc1cc(Cl)ccc1O)C[C@H]1CCCN(C2Cc3ccccc3C2)C1. The highest BCUT2D eigenvalue weighted by Gasteiger charge is 2.31. The molecule has 1 heterocycles. The zero-order valence-electron chi connectivity index (χ0n) is 17.9. The van der Waals surface area contributed by atoms with E-state index in [1.807, 2.05) is 6.07 Å². The Hall–Kier alpha value is -1.59. The Morgan fingerprint density at radius 2 is 1.93 bits per heavy atom. The number of nitrogens with zero attached hydrogens (tertiary/aromatic N) is 2. The van der Waals surface area contributed by atoms with Crippen LogP contribution < -0.4 is 0 Å². The first-order chi connectivity index (χ1) is 14.6. The minimum absolute atomic E-state index is 0.316. The van der Waals surface area contributed by atoms with Crippen LogP contribution in [0.2, 0.25) is 5.02 Å². The number of piperidine rings is 1. The van der Waals surface area contributed by atoms with Gasteiger partial charge in [0.05, 0.1) is 6.61 Å². The van der Waals surface area contributed by atoms with Crippen molar-refractivity contribution in [1.29, 1.82) is 0 Å². The number of likely N-dealkylation sites (tertiary alicyclic amines) is 1. The van der Waals surface area contributed by atoms with Crippen molar-refractivity contribution in [3.63, 3.8) is 0 Å². The fraction of sp³-hybridized carbons (Fsp3) is 0.520. The third kappa shape index (κ3) is 5.36. The minimum Gasteiger partial charge on any atom is -0.508 e. The Kier molecular flexibility index (Phi) is 7.32. The Labute approximate surface area is 185 Å². The molecule has 0 saturated carbocycles. The van der Waals surface area contributed by atoms with Crippen molar-refractivity contribution in [2.24, 2.45) is 5.92 Å². The molecule has 1 fully saturated rings. The first kappa shape index (κ1) is 21.6. The molecule has 1 saturated heterocycles. The van der Waals surface area contributed by atoms with Crippen molar-refractivity contribution in [2.45, 2.75) is 38.3 Å². The number of rotatable bonds is 8. The van der Waals surface area contributed by atoms with Crippen LogP contribution in [-0.4, -0.2) is 60.8 Å². The van der Waals surface area contributed by atoms with Gasteiger partial charge in [0.25, 0.3) is 0 Å². The van der Waals surface area contributed by atoms with Crippen molar-refractivity contribution in [2.75, 3.05) is 39.9 Å². The Bertz CT molecular complexity index is 819. The maximum Gasteiger partial charge on any atom is 0.120 e. The second kappa shape index (κ2) is 10.1. The number of phenolic OH excluding ortho intramolecular Hbond substituents is 1. The van der Waals surface area contributed by atoms with Gasteiger partial charge in [0.2, 0.25) is 0 Å². The van der Waals surface area contributed by atoms with E-state index in [0.29, 0.717) is 35.9 Å². The van der Waals surface area contributed by atoms with Crippen LogP contribution in [0.1, 0.15) is 29.5 Å². The first-order valence-corrected chi connectivity index (χ1v) is 11.5. The van der Waals surface area contributed by atoms with E-state index in [4.69, 9.17) is 16.3 Å². The van der Waals surface area contributed by atoms with Crippen molar-refractivity contribution >= 4 is 11.6 Å². The molecule has 0 unspecified atom stereocenters. The molecule has 2 aliphatic rings. The number of hydrogen-bond acceptors (Lipinski definition) is 4. The average Bonchev–Trinajstić information content (AvgIpc) is 3.19. The largest absolute Gasteiger partial charge is 0.508 e. The van der Waals surface area contributed by atoms with Gasteiger partial charge in [-0.2, -0.15) is 0 Å². The standard InChI is InChI=1S/C25H33ClN2O2/c1-30-12-11-27(18-22-13-23(26)8-9-25(22)29)16-19-5-4-10-28(17-19)24-14-20-6-2-3-7-21(20)15-24/h2-3,6-9,13,19,24,29H,4-5,10-12,14-18H2,1H3/t19-/m1/s1. The number of halogens is 1. The predicted molar refractivity (Wildman–Crippen MR) is 122 cm³/mol. The fourth-order valence-corrected chi connectivity index (χ4v) is 5.31. The third-order valence-corrected chi connectivity index (χ3v) is 6.89. The average molecular weight is 429 g/mol. The van der Waals surface area contributed by atoms with Crippen LogP contribution in [0.4, 0.5) is 0 Å². The van der Waals surface area contributed by atoms with Gasteiger partial charge >= 0.3 is 0 Å². The summed E-state index contributed by atoms with van der Waals surface area (Å²) in [6, 6.07) is 14.9. The van der Waals surface area contributed by atoms with E-state index in [-0.39, 0.29) is 0 Å². The van der Waals surface area contributed by atoms with Crippen LogP contribution in [0.15, 0.2) is 42.5 Å². The molecule has 2 aromatic carbocycles. The topological polar surface area (TPSA) is 35.9 Å². The zero-order chi connectivity index (χ0) is 20.9. The van der Waals surface area contributed by atoms with Gasteiger partial charge in [0, 0.05) is 49.9 Å². The quantitative estimate of drug-likeness (QED) is 0.677. The summed E-state index contributed by atoms with van der Waals surface area (Å²) in [6.45, 7) is 5.63. The molecule has 5 heteroatoms. The molecule has 0 amide bonds. The summed E-state index contributed by atoms with van der Waals surface area (Å²) in [5.74, 6) is 0.955. The first-order valence-electron chi connectivity index (χ1n) is 11.1. The predicted octanol–water partition coefficient (Wildman–Crippen LogP) is 4.37. The Morgan fingerprint density at radius 3 is 2.67 bits per heavy atom. The number of hydrogen-bond donors (Lipinski definition) is 1. The second-order valence-electron chi connectivity index (χ2n) is 8.83. The molecule has 162 valence electrons. The summed E-state index contributed by atoms with van der Waals surface area (Å²) >= 11 is 6.17. The molecule has 1 atom stereocenters. The summed E-state index contributed by atoms with van der Waals surface area (Å²) in [4.78, 5) is 5.13. The molecule has 1 aliphatic heterocycles. The number of methoxy groups -OCH3 is 1. The third-order valence-electron chi connectivity index (χ3n) is 6.66. The van der Waals surface area contributed by atoms with Crippen molar-refractivity contribution in [3.8, 4) is 5.75 Å². The van der Waals surface area contributed by atoms with Crippen LogP contribution in [0.25, 0.3) is 0 Å². The number of phenols is 1. The zero-order valence-corrected chi connectivity index (χ0v) is 18.7. The number of ether oxygens (including phenoxy) is 1. The lowest BCUT2D eigenvalue weighted by molar-refractivity contribution is 0.0840. The van der Waals surface area contributed by atoms with Gasteiger partial charge in [0.15, 0.2) is 0 Å². The van der Waals surface area contributed by atoms with Crippen molar-refractivity contribution in [1.82, 2.24) is 9.80 Å².